The maximum Gasteiger partial charge on any atom is 0.348 e. The Bertz CT molecular complexity index is 640. The van der Waals surface area contributed by atoms with Crippen LogP contribution in [0.1, 0.15) is 19.3 Å². The first-order chi connectivity index (χ1) is 10.6. The quantitative estimate of drug-likeness (QED) is 0.831. The van der Waals surface area contributed by atoms with E-state index in [9.17, 15) is 9.59 Å². The number of hydrogen-bond acceptors (Lipinski definition) is 5. The van der Waals surface area contributed by atoms with E-state index in [0.29, 0.717) is 22.8 Å². The molecular formula is C16H18N2O3S. The molecule has 0 unspecified atom stereocenters. The minimum Gasteiger partial charge on any atom is -0.465 e. The van der Waals surface area contributed by atoms with Crippen LogP contribution < -0.4 is 10.2 Å². The molecule has 0 fully saturated rings. The number of rotatable bonds is 6. The van der Waals surface area contributed by atoms with Gasteiger partial charge in [0.25, 0.3) is 5.91 Å². The lowest BCUT2D eigenvalue weighted by atomic mass is 10.3. The predicted molar refractivity (Wildman–Crippen MR) is 87.7 cm³/mol. The van der Waals surface area contributed by atoms with Gasteiger partial charge in [0.15, 0.2) is 0 Å². The number of esters is 1. The van der Waals surface area contributed by atoms with Crippen molar-refractivity contribution in [1.29, 1.82) is 0 Å². The second-order valence-electron chi connectivity index (χ2n) is 4.67. The molecule has 1 aromatic heterocycles. The number of para-hydroxylation sites is 1. The van der Waals surface area contributed by atoms with E-state index >= 15 is 0 Å². The highest BCUT2D eigenvalue weighted by Crippen LogP contribution is 2.17. The van der Waals surface area contributed by atoms with Crippen molar-refractivity contribution in [2.45, 2.75) is 0 Å². The summed E-state index contributed by atoms with van der Waals surface area (Å²) in [5.41, 5.74) is 1.10. The lowest BCUT2D eigenvalue weighted by Gasteiger charge is -2.19. The summed E-state index contributed by atoms with van der Waals surface area (Å²) in [6, 6.07) is 13.2. The van der Waals surface area contributed by atoms with E-state index in [0.717, 1.165) is 17.0 Å². The number of likely N-dealkylation sites (N-methyl/N-ethyl adjacent to an activating group) is 1. The SMILES string of the molecule is COC(=O)c1ccc(C(=O)NCCN(C)c2ccccc2)s1. The van der Waals surface area contributed by atoms with Crippen LogP contribution in [0.2, 0.25) is 0 Å². The van der Waals surface area contributed by atoms with E-state index in [1.165, 1.54) is 7.11 Å². The first-order valence-corrected chi connectivity index (χ1v) is 7.66. The van der Waals surface area contributed by atoms with Crippen LogP contribution >= 0.6 is 11.3 Å². The van der Waals surface area contributed by atoms with E-state index in [1.54, 1.807) is 12.1 Å². The largest absolute Gasteiger partial charge is 0.465 e. The second-order valence-corrected chi connectivity index (χ2v) is 5.75. The van der Waals surface area contributed by atoms with Crippen molar-refractivity contribution in [3.05, 3.63) is 52.2 Å². The van der Waals surface area contributed by atoms with E-state index in [-0.39, 0.29) is 5.91 Å². The van der Waals surface area contributed by atoms with Crippen LogP contribution in [-0.4, -0.2) is 39.1 Å². The molecule has 2 aromatic rings. The average Bonchev–Trinajstić information content (AvgIpc) is 3.04. The lowest BCUT2D eigenvalue weighted by molar-refractivity contribution is 0.0606. The van der Waals surface area contributed by atoms with Gasteiger partial charge in [0.2, 0.25) is 0 Å². The minimum absolute atomic E-state index is 0.179. The fraction of sp³-hybridized carbons (Fsp3) is 0.250. The monoisotopic (exact) mass is 318 g/mol. The molecule has 22 heavy (non-hydrogen) atoms. The lowest BCUT2D eigenvalue weighted by Crippen LogP contribution is -2.32. The number of methoxy groups -OCH3 is 1. The van der Waals surface area contributed by atoms with Crippen molar-refractivity contribution >= 4 is 28.9 Å². The van der Waals surface area contributed by atoms with Crippen molar-refractivity contribution in [3.8, 4) is 0 Å². The molecular weight excluding hydrogens is 300 g/mol. The molecule has 0 atom stereocenters. The molecule has 1 amide bonds. The highest BCUT2D eigenvalue weighted by molar-refractivity contribution is 7.15. The summed E-state index contributed by atoms with van der Waals surface area (Å²) in [4.78, 5) is 26.4. The number of ether oxygens (including phenoxy) is 1. The number of amides is 1. The highest BCUT2D eigenvalue weighted by atomic mass is 32.1. The Hall–Kier alpha value is -2.34. The number of anilines is 1. The summed E-state index contributed by atoms with van der Waals surface area (Å²) < 4.78 is 4.62. The first-order valence-electron chi connectivity index (χ1n) is 6.84. The summed E-state index contributed by atoms with van der Waals surface area (Å²) in [6.45, 7) is 1.22. The van der Waals surface area contributed by atoms with E-state index < -0.39 is 5.97 Å². The van der Waals surface area contributed by atoms with E-state index in [2.05, 4.69) is 15.0 Å². The van der Waals surface area contributed by atoms with Crippen LogP contribution in [-0.2, 0) is 4.74 Å². The van der Waals surface area contributed by atoms with Gasteiger partial charge in [-0.2, -0.15) is 0 Å². The van der Waals surface area contributed by atoms with Gasteiger partial charge >= 0.3 is 5.97 Å². The van der Waals surface area contributed by atoms with E-state index in [4.69, 9.17) is 0 Å². The van der Waals surface area contributed by atoms with Gasteiger partial charge in [-0.05, 0) is 24.3 Å². The Morgan fingerprint density at radius 1 is 1.14 bits per heavy atom. The normalized spacial score (nSPS) is 10.1. The first kappa shape index (κ1) is 16.0. The van der Waals surface area contributed by atoms with Crippen molar-refractivity contribution < 1.29 is 14.3 Å². The molecule has 0 aliphatic carbocycles. The van der Waals surface area contributed by atoms with Crippen LogP contribution in [0.25, 0.3) is 0 Å². The molecule has 0 bridgehead atoms. The second kappa shape index (κ2) is 7.61. The zero-order chi connectivity index (χ0) is 15.9. The van der Waals surface area contributed by atoms with Gasteiger partial charge in [-0.3, -0.25) is 4.79 Å². The smallest absolute Gasteiger partial charge is 0.348 e. The van der Waals surface area contributed by atoms with Crippen molar-refractivity contribution in [3.63, 3.8) is 0 Å². The van der Waals surface area contributed by atoms with Crippen molar-refractivity contribution in [1.82, 2.24) is 5.32 Å². The molecule has 0 aliphatic heterocycles. The number of carbonyl (C=O) groups excluding carboxylic acids is 2. The number of carbonyl (C=O) groups is 2. The van der Waals surface area contributed by atoms with Gasteiger partial charge in [0.05, 0.1) is 12.0 Å². The average molecular weight is 318 g/mol. The van der Waals surface area contributed by atoms with Crippen LogP contribution in [0.5, 0.6) is 0 Å². The molecule has 0 radical (unpaired) electrons. The summed E-state index contributed by atoms with van der Waals surface area (Å²) in [5.74, 6) is -0.602. The van der Waals surface area contributed by atoms with Crippen LogP contribution in [0.4, 0.5) is 5.69 Å². The van der Waals surface area contributed by atoms with Crippen LogP contribution in [0.15, 0.2) is 42.5 Å². The molecule has 0 aliphatic rings. The summed E-state index contributed by atoms with van der Waals surface area (Å²) >= 11 is 1.13. The molecule has 5 nitrogen and oxygen atoms in total. The molecule has 1 aromatic carbocycles. The molecule has 0 spiro atoms. The number of hydrogen-bond donors (Lipinski definition) is 1. The minimum atomic E-state index is -0.423. The molecule has 0 saturated heterocycles. The molecule has 0 saturated carbocycles. The van der Waals surface area contributed by atoms with Crippen LogP contribution in [0.3, 0.4) is 0 Å². The third kappa shape index (κ3) is 4.08. The number of nitrogens with zero attached hydrogens (tertiary/aromatic N) is 1. The standard InChI is InChI=1S/C16H18N2O3S/c1-18(12-6-4-3-5-7-12)11-10-17-15(19)13-8-9-14(22-13)16(20)21-2/h3-9H,10-11H2,1-2H3,(H,17,19). The summed E-state index contributed by atoms with van der Waals surface area (Å²) in [5, 5.41) is 2.85. The maximum atomic E-state index is 12.0. The van der Waals surface area contributed by atoms with Gasteiger partial charge in [0, 0.05) is 25.8 Å². The third-order valence-electron chi connectivity index (χ3n) is 3.15. The molecule has 6 heteroatoms. The third-order valence-corrected chi connectivity index (χ3v) is 4.21. The Kier molecular flexibility index (Phi) is 5.55. The van der Waals surface area contributed by atoms with Crippen LogP contribution in [0, 0.1) is 0 Å². The maximum absolute atomic E-state index is 12.0. The topological polar surface area (TPSA) is 58.6 Å². The van der Waals surface area contributed by atoms with Gasteiger partial charge in [-0.25, -0.2) is 4.79 Å². The van der Waals surface area contributed by atoms with Gasteiger partial charge < -0.3 is 15.0 Å². The summed E-state index contributed by atoms with van der Waals surface area (Å²) in [7, 11) is 3.29. The fourth-order valence-corrected chi connectivity index (χ4v) is 2.75. The summed E-state index contributed by atoms with van der Waals surface area (Å²) in [6.07, 6.45) is 0. The van der Waals surface area contributed by atoms with Gasteiger partial charge in [-0.1, -0.05) is 18.2 Å². The zero-order valence-corrected chi connectivity index (χ0v) is 13.4. The van der Waals surface area contributed by atoms with E-state index in [1.807, 2.05) is 37.4 Å². The fourth-order valence-electron chi connectivity index (χ4n) is 1.91. The Balaban J connectivity index is 1.83. The van der Waals surface area contributed by atoms with Gasteiger partial charge in [-0.15, -0.1) is 11.3 Å². The molecule has 1 heterocycles. The Morgan fingerprint density at radius 3 is 2.50 bits per heavy atom. The highest BCUT2D eigenvalue weighted by Gasteiger charge is 2.13. The molecule has 2 rings (SSSR count). The Morgan fingerprint density at radius 2 is 1.82 bits per heavy atom. The zero-order valence-electron chi connectivity index (χ0n) is 12.5. The number of thiophene rings is 1. The molecule has 116 valence electrons. The predicted octanol–water partition coefficient (Wildman–Crippen LogP) is 2.40. The Labute approximate surface area is 133 Å². The molecule has 1 N–H and O–H groups in total. The number of benzene rings is 1. The van der Waals surface area contributed by atoms with Gasteiger partial charge in [0.1, 0.15) is 4.88 Å². The van der Waals surface area contributed by atoms with Crippen molar-refractivity contribution in [2.75, 3.05) is 32.1 Å². The number of nitrogens with one attached hydrogen (secondary N) is 1. The van der Waals surface area contributed by atoms with Crippen molar-refractivity contribution in [2.24, 2.45) is 0 Å².